The van der Waals surface area contributed by atoms with Gasteiger partial charge in [-0.3, -0.25) is 0 Å². The molecule has 1 atom stereocenters. The van der Waals surface area contributed by atoms with Gasteiger partial charge in [-0.05, 0) is 33.6 Å². The first-order valence-corrected chi connectivity index (χ1v) is 6.28. The van der Waals surface area contributed by atoms with Crippen molar-refractivity contribution in [3.8, 4) is 11.5 Å². The van der Waals surface area contributed by atoms with E-state index in [0.29, 0.717) is 6.61 Å². The van der Waals surface area contributed by atoms with Crippen LogP contribution in [0.15, 0.2) is 16.6 Å². The van der Waals surface area contributed by atoms with Crippen molar-refractivity contribution in [2.75, 3.05) is 34.0 Å². The van der Waals surface area contributed by atoms with E-state index in [9.17, 15) is 0 Å². The minimum atomic E-state index is 0. The minimum Gasteiger partial charge on any atom is -0.495 e. The van der Waals surface area contributed by atoms with Crippen LogP contribution in [0.2, 0.25) is 0 Å². The Kier molecular flexibility index (Phi) is 6.21. The van der Waals surface area contributed by atoms with Crippen LogP contribution >= 0.6 is 28.3 Å². The maximum absolute atomic E-state index is 5.46. The van der Waals surface area contributed by atoms with Gasteiger partial charge >= 0.3 is 0 Å². The molecular formula is C12H17BrClNO3. The number of hydrogen-bond donors (Lipinski definition) is 1. The van der Waals surface area contributed by atoms with Crippen molar-refractivity contribution in [2.24, 2.45) is 0 Å². The number of rotatable bonds is 3. The van der Waals surface area contributed by atoms with Gasteiger partial charge < -0.3 is 19.5 Å². The number of nitrogens with one attached hydrogen (secondary N) is 1. The van der Waals surface area contributed by atoms with E-state index in [4.69, 9.17) is 14.2 Å². The van der Waals surface area contributed by atoms with Crippen molar-refractivity contribution in [1.82, 2.24) is 5.32 Å². The summed E-state index contributed by atoms with van der Waals surface area (Å²) in [7, 11) is 3.29. The summed E-state index contributed by atoms with van der Waals surface area (Å²) >= 11 is 3.46. The SMILES string of the molecule is COc1cc([C@@H]2COCCN2)cc(OC)c1Br.Cl. The van der Waals surface area contributed by atoms with Crippen molar-refractivity contribution in [3.05, 3.63) is 22.2 Å². The fourth-order valence-electron chi connectivity index (χ4n) is 1.87. The third kappa shape index (κ3) is 3.29. The molecule has 1 aromatic carbocycles. The number of morpholine rings is 1. The summed E-state index contributed by atoms with van der Waals surface area (Å²) < 4.78 is 16.9. The van der Waals surface area contributed by atoms with Gasteiger partial charge in [-0.1, -0.05) is 0 Å². The van der Waals surface area contributed by atoms with Gasteiger partial charge in [0, 0.05) is 6.54 Å². The van der Waals surface area contributed by atoms with Crippen LogP contribution in [0, 0.1) is 0 Å². The number of halogens is 2. The molecule has 102 valence electrons. The maximum atomic E-state index is 5.46. The Morgan fingerprint density at radius 1 is 1.28 bits per heavy atom. The van der Waals surface area contributed by atoms with Gasteiger partial charge in [0.25, 0.3) is 0 Å². The van der Waals surface area contributed by atoms with E-state index < -0.39 is 0 Å². The van der Waals surface area contributed by atoms with Gasteiger partial charge in [0.2, 0.25) is 0 Å². The van der Waals surface area contributed by atoms with E-state index in [0.717, 1.165) is 34.7 Å². The third-order valence-electron chi connectivity index (χ3n) is 2.79. The molecule has 1 fully saturated rings. The zero-order chi connectivity index (χ0) is 12.3. The molecule has 18 heavy (non-hydrogen) atoms. The van der Waals surface area contributed by atoms with Crippen molar-refractivity contribution in [2.45, 2.75) is 6.04 Å². The Hall–Kier alpha value is -0.490. The van der Waals surface area contributed by atoms with Crippen molar-refractivity contribution < 1.29 is 14.2 Å². The monoisotopic (exact) mass is 337 g/mol. The largest absolute Gasteiger partial charge is 0.495 e. The zero-order valence-corrected chi connectivity index (χ0v) is 12.8. The van der Waals surface area contributed by atoms with E-state index in [1.54, 1.807) is 14.2 Å². The van der Waals surface area contributed by atoms with Crippen molar-refractivity contribution in [1.29, 1.82) is 0 Å². The van der Waals surface area contributed by atoms with Crippen molar-refractivity contribution in [3.63, 3.8) is 0 Å². The third-order valence-corrected chi connectivity index (χ3v) is 3.57. The van der Waals surface area contributed by atoms with Gasteiger partial charge in [0.1, 0.15) is 16.0 Å². The van der Waals surface area contributed by atoms with Gasteiger partial charge in [-0.2, -0.15) is 0 Å². The molecule has 0 bridgehead atoms. The highest BCUT2D eigenvalue weighted by Crippen LogP contribution is 2.37. The zero-order valence-electron chi connectivity index (χ0n) is 10.4. The van der Waals surface area contributed by atoms with Crippen LogP contribution in [0.1, 0.15) is 11.6 Å². The van der Waals surface area contributed by atoms with E-state index in [2.05, 4.69) is 21.2 Å². The Morgan fingerprint density at radius 2 is 1.89 bits per heavy atom. The van der Waals surface area contributed by atoms with Crippen LogP contribution in [0.25, 0.3) is 0 Å². The molecule has 0 aromatic heterocycles. The van der Waals surface area contributed by atoms with E-state index in [-0.39, 0.29) is 18.4 Å². The number of methoxy groups -OCH3 is 2. The summed E-state index contributed by atoms with van der Waals surface area (Å²) in [5.74, 6) is 1.54. The van der Waals surface area contributed by atoms with E-state index in [1.807, 2.05) is 12.1 Å². The molecule has 1 aliphatic heterocycles. The first-order chi connectivity index (χ1) is 8.26. The average molecular weight is 339 g/mol. The highest BCUT2D eigenvalue weighted by Gasteiger charge is 2.19. The molecule has 2 rings (SSSR count). The second-order valence-electron chi connectivity index (χ2n) is 3.82. The molecule has 1 aliphatic rings. The molecular weight excluding hydrogens is 321 g/mol. The molecule has 1 heterocycles. The molecule has 0 aliphatic carbocycles. The predicted octanol–water partition coefficient (Wildman–Crippen LogP) is 2.55. The first-order valence-electron chi connectivity index (χ1n) is 5.48. The fourth-order valence-corrected chi connectivity index (χ4v) is 2.42. The summed E-state index contributed by atoms with van der Waals surface area (Å²) in [6, 6.07) is 4.19. The van der Waals surface area contributed by atoms with Gasteiger partial charge in [-0.15, -0.1) is 12.4 Å². The average Bonchev–Trinajstić information content (AvgIpc) is 2.40. The number of ether oxygens (including phenoxy) is 3. The minimum absolute atomic E-state index is 0. The van der Waals surface area contributed by atoms with E-state index >= 15 is 0 Å². The highest BCUT2D eigenvalue weighted by molar-refractivity contribution is 9.10. The van der Waals surface area contributed by atoms with Gasteiger partial charge in [0.15, 0.2) is 0 Å². The standard InChI is InChI=1S/C12H16BrNO3.ClH/c1-15-10-5-8(6-11(16-2)12(10)13)9-7-17-4-3-14-9;/h5-6,9,14H,3-4,7H2,1-2H3;1H/t9-;/m0./s1. The van der Waals surface area contributed by atoms with Crippen LogP contribution in [-0.4, -0.2) is 34.0 Å². The lowest BCUT2D eigenvalue weighted by Crippen LogP contribution is -2.34. The quantitative estimate of drug-likeness (QED) is 0.919. The number of hydrogen-bond acceptors (Lipinski definition) is 4. The Morgan fingerprint density at radius 3 is 2.33 bits per heavy atom. The second kappa shape index (κ2) is 7.19. The molecule has 6 heteroatoms. The van der Waals surface area contributed by atoms with Crippen LogP contribution in [0.3, 0.4) is 0 Å². The Labute approximate surface area is 122 Å². The molecule has 0 radical (unpaired) electrons. The lowest BCUT2D eigenvalue weighted by atomic mass is 10.1. The van der Waals surface area contributed by atoms with Gasteiger partial charge in [0.05, 0.1) is 33.5 Å². The highest BCUT2D eigenvalue weighted by atomic mass is 79.9. The maximum Gasteiger partial charge on any atom is 0.137 e. The molecule has 0 saturated carbocycles. The molecule has 0 spiro atoms. The lowest BCUT2D eigenvalue weighted by Gasteiger charge is -2.25. The number of benzene rings is 1. The summed E-state index contributed by atoms with van der Waals surface area (Å²) in [6.07, 6.45) is 0. The normalized spacial score (nSPS) is 18.9. The molecule has 0 amide bonds. The molecule has 1 aromatic rings. The second-order valence-corrected chi connectivity index (χ2v) is 4.61. The van der Waals surface area contributed by atoms with Crippen LogP contribution in [0.5, 0.6) is 11.5 Å². The Bertz CT molecular complexity index is 372. The van der Waals surface area contributed by atoms with Gasteiger partial charge in [-0.25, -0.2) is 0 Å². The molecule has 1 saturated heterocycles. The molecule has 4 nitrogen and oxygen atoms in total. The topological polar surface area (TPSA) is 39.7 Å². The van der Waals surface area contributed by atoms with Crippen LogP contribution in [-0.2, 0) is 4.74 Å². The predicted molar refractivity (Wildman–Crippen MR) is 76.1 cm³/mol. The molecule has 0 unspecified atom stereocenters. The Balaban J connectivity index is 0.00000162. The summed E-state index contributed by atoms with van der Waals surface area (Å²) in [4.78, 5) is 0. The lowest BCUT2D eigenvalue weighted by molar-refractivity contribution is 0.0767. The van der Waals surface area contributed by atoms with Crippen LogP contribution in [0.4, 0.5) is 0 Å². The summed E-state index contributed by atoms with van der Waals surface area (Å²) in [6.45, 7) is 2.31. The fraction of sp³-hybridized carbons (Fsp3) is 0.500. The summed E-state index contributed by atoms with van der Waals surface area (Å²) in [5, 5.41) is 3.41. The first kappa shape index (κ1) is 15.6. The summed E-state index contributed by atoms with van der Waals surface area (Å²) in [5.41, 5.74) is 1.11. The van der Waals surface area contributed by atoms with Crippen LogP contribution < -0.4 is 14.8 Å². The van der Waals surface area contributed by atoms with Crippen molar-refractivity contribution >= 4 is 28.3 Å². The smallest absolute Gasteiger partial charge is 0.137 e. The van der Waals surface area contributed by atoms with E-state index in [1.165, 1.54) is 0 Å². The molecule has 1 N–H and O–H groups in total.